The standard InChI is InChI=1S/C25H23F5N4O3/c1-14-3-5-24(2)13-33-21(34(24)11-14)10-20(32-23(33)35)36-12-15-7-17(26)22(18(27)8-15)37-16-4-6-31-19(9-16)25(28,29)30/h4,6-10,14H,3,5,11-13H2,1-2H3/t14-,24+/m1/s1. The lowest BCUT2D eigenvalue weighted by Gasteiger charge is -2.42. The van der Waals surface area contributed by atoms with Crippen LogP contribution >= 0.6 is 0 Å². The Morgan fingerprint density at radius 2 is 1.89 bits per heavy atom. The van der Waals surface area contributed by atoms with Crippen molar-refractivity contribution in [1.29, 1.82) is 0 Å². The van der Waals surface area contributed by atoms with Gasteiger partial charge in [-0.15, -0.1) is 0 Å². The van der Waals surface area contributed by atoms with Gasteiger partial charge in [0.1, 0.15) is 23.9 Å². The Morgan fingerprint density at radius 1 is 1.16 bits per heavy atom. The molecule has 2 atom stereocenters. The van der Waals surface area contributed by atoms with E-state index in [1.807, 2.05) is 0 Å². The zero-order valence-corrected chi connectivity index (χ0v) is 20.0. The summed E-state index contributed by atoms with van der Waals surface area (Å²) in [5, 5.41) is 0. The fourth-order valence-electron chi connectivity index (χ4n) is 4.81. The molecule has 0 saturated carbocycles. The summed E-state index contributed by atoms with van der Waals surface area (Å²) in [5.74, 6) is -2.38. The van der Waals surface area contributed by atoms with Gasteiger partial charge in [0.15, 0.2) is 17.4 Å². The average Bonchev–Trinajstić information content (AvgIpc) is 3.12. The number of hydrogen-bond donors (Lipinski definition) is 0. The molecule has 0 spiro atoms. The van der Waals surface area contributed by atoms with Crippen molar-refractivity contribution in [2.45, 2.75) is 51.6 Å². The van der Waals surface area contributed by atoms with Crippen molar-refractivity contribution in [3.8, 4) is 17.4 Å². The Balaban J connectivity index is 1.33. The third-order valence-corrected chi connectivity index (χ3v) is 6.75. The first-order chi connectivity index (χ1) is 17.4. The monoisotopic (exact) mass is 522 g/mol. The fourth-order valence-corrected chi connectivity index (χ4v) is 4.81. The summed E-state index contributed by atoms with van der Waals surface area (Å²) >= 11 is 0. The molecule has 2 aromatic heterocycles. The highest BCUT2D eigenvalue weighted by Crippen LogP contribution is 2.41. The van der Waals surface area contributed by atoms with Crippen LogP contribution in [0, 0.1) is 17.6 Å². The van der Waals surface area contributed by atoms with Gasteiger partial charge in [-0.1, -0.05) is 6.92 Å². The van der Waals surface area contributed by atoms with Crippen LogP contribution in [0.15, 0.2) is 41.3 Å². The number of hydrogen-bond acceptors (Lipinski definition) is 6. The number of ether oxygens (including phenoxy) is 2. The van der Waals surface area contributed by atoms with Gasteiger partial charge >= 0.3 is 11.9 Å². The van der Waals surface area contributed by atoms with Crippen molar-refractivity contribution < 1.29 is 31.4 Å². The number of rotatable bonds is 5. The summed E-state index contributed by atoms with van der Waals surface area (Å²) in [6, 6.07) is 5.12. The van der Waals surface area contributed by atoms with Crippen LogP contribution in [0.5, 0.6) is 17.4 Å². The van der Waals surface area contributed by atoms with E-state index < -0.39 is 40.7 Å². The number of nitrogens with zero attached hydrogens (tertiary/aromatic N) is 4. The topological polar surface area (TPSA) is 69.5 Å². The predicted molar refractivity (Wildman–Crippen MR) is 123 cm³/mol. The van der Waals surface area contributed by atoms with E-state index in [0.29, 0.717) is 24.3 Å². The third-order valence-electron chi connectivity index (χ3n) is 6.75. The van der Waals surface area contributed by atoms with Crippen molar-refractivity contribution in [3.63, 3.8) is 0 Å². The van der Waals surface area contributed by atoms with Crippen LogP contribution < -0.4 is 20.1 Å². The molecule has 1 saturated heterocycles. The zero-order chi connectivity index (χ0) is 26.5. The molecule has 0 amide bonds. The third kappa shape index (κ3) is 4.84. The Morgan fingerprint density at radius 3 is 2.59 bits per heavy atom. The lowest BCUT2D eigenvalue weighted by atomic mass is 9.85. The molecule has 37 heavy (non-hydrogen) atoms. The first kappa shape index (κ1) is 25.0. The van der Waals surface area contributed by atoms with Crippen molar-refractivity contribution in [2.75, 3.05) is 11.4 Å². The lowest BCUT2D eigenvalue weighted by molar-refractivity contribution is -0.141. The summed E-state index contributed by atoms with van der Waals surface area (Å²) < 4.78 is 80.1. The molecule has 4 heterocycles. The van der Waals surface area contributed by atoms with Crippen molar-refractivity contribution in [1.82, 2.24) is 14.5 Å². The first-order valence-corrected chi connectivity index (χ1v) is 11.6. The van der Waals surface area contributed by atoms with Crippen molar-refractivity contribution >= 4 is 5.82 Å². The smallest absolute Gasteiger partial charge is 0.433 e. The van der Waals surface area contributed by atoms with Gasteiger partial charge in [-0.25, -0.2) is 13.6 Å². The van der Waals surface area contributed by atoms with Gasteiger partial charge in [-0.2, -0.15) is 18.2 Å². The summed E-state index contributed by atoms with van der Waals surface area (Å²) in [5.41, 5.74) is -1.83. The van der Waals surface area contributed by atoms with Crippen LogP contribution in [0.25, 0.3) is 0 Å². The van der Waals surface area contributed by atoms with E-state index in [-0.39, 0.29) is 23.6 Å². The number of pyridine rings is 1. The molecule has 12 heteroatoms. The summed E-state index contributed by atoms with van der Waals surface area (Å²) in [6.07, 6.45) is -1.91. The number of aromatic nitrogens is 3. The maximum atomic E-state index is 14.6. The molecular formula is C25H23F5N4O3. The van der Waals surface area contributed by atoms with Crippen molar-refractivity contribution in [2.24, 2.45) is 5.92 Å². The van der Waals surface area contributed by atoms with E-state index >= 15 is 0 Å². The van der Waals surface area contributed by atoms with Gasteiger partial charge in [-0.05, 0) is 49.4 Å². The second-order valence-corrected chi connectivity index (χ2v) is 9.73. The molecule has 196 valence electrons. The molecule has 0 N–H and O–H groups in total. The summed E-state index contributed by atoms with van der Waals surface area (Å²) in [7, 11) is 0. The molecule has 7 nitrogen and oxygen atoms in total. The first-order valence-electron chi connectivity index (χ1n) is 11.6. The van der Waals surface area contributed by atoms with Crippen LogP contribution in [0.3, 0.4) is 0 Å². The average molecular weight is 522 g/mol. The minimum Gasteiger partial charge on any atom is -0.473 e. The molecule has 2 aliphatic rings. The molecule has 5 rings (SSSR count). The molecule has 0 radical (unpaired) electrons. The molecule has 3 aromatic rings. The fraction of sp³-hybridized carbons (Fsp3) is 0.400. The zero-order valence-electron chi connectivity index (χ0n) is 20.0. The number of benzene rings is 1. The van der Waals surface area contributed by atoms with E-state index in [4.69, 9.17) is 9.47 Å². The van der Waals surface area contributed by atoms with Gasteiger partial charge in [0.05, 0.1) is 12.1 Å². The van der Waals surface area contributed by atoms with Crippen LogP contribution in [-0.4, -0.2) is 26.6 Å². The number of anilines is 1. The van der Waals surface area contributed by atoms with Gasteiger partial charge in [0.25, 0.3) is 0 Å². The van der Waals surface area contributed by atoms with Crippen molar-refractivity contribution in [3.05, 3.63) is 69.9 Å². The number of halogens is 5. The maximum absolute atomic E-state index is 14.6. The largest absolute Gasteiger partial charge is 0.473 e. The Hall–Kier alpha value is -3.70. The maximum Gasteiger partial charge on any atom is 0.433 e. The van der Waals surface area contributed by atoms with Gasteiger partial charge in [-0.3, -0.25) is 9.55 Å². The van der Waals surface area contributed by atoms with E-state index in [1.54, 1.807) is 10.6 Å². The number of piperidine rings is 1. The van der Waals surface area contributed by atoms with Crippen LogP contribution in [0.1, 0.15) is 37.9 Å². The van der Waals surface area contributed by atoms with E-state index in [2.05, 4.69) is 28.7 Å². The SMILES string of the molecule is C[C@@H]1CC[C@@]2(C)Cn3c(cc(OCc4cc(F)c(Oc5ccnc(C(F)(F)F)c5)c(F)c4)nc3=O)N2C1. The minimum atomic E-state index is -4.74. The second-order valence-electron chi connectivity index (χ2n) is 9.73. The van der Waals surface area contributed by atoms with E-state index in [1.165, 1.54) is 0 Å². The summed E-state index contributed by atoms with van der Waals surface area (Å²) in [4.78, 5) is 22.0. The highest BCUT2D eigenvalue weighted by atomic mass is 19.4. The quantitative estimate of drug-likeness (QED) is 0.423. The van der Waals surface area contributed by atoms with Crippen LogP contribution in [-0.2, 0) is 19.3 Å². The highest BCUT2D eigenvalue weighted by molar-refractivity contribution is 5.50. The van der Waals surface area contributed by atoms with Crippen LogP contribution in [0.2, 0.25) is 0 Å². The Kier molecular flexibility index (Phi) is 6.07. The highest BCUT2D eigenvalue weighted by Gasteiger charge is 2.44. The van der Waals surface area contributed by atoms with E-state index in [0.717, 1.165) is 43.8 Å². The summed E-state index contributed by atoms with van der Waals surface area (Å²) in [6.45, 7) is 5.28. The molecule has 2 aliphatic heterocycles. The second kappa shape index (κ2) is 9.00. The molecule has 1 fully saturated rings. The predicted octanol–water partition coefficient (Wildman–Crippen LogP) is 5.32. The lowest BCUT2D eigenvalue weighted by Crippen LogP contribution is -2.50. The van der Waals surface area contributed by atoms with E-state index in [9.17, 15) is 26.7 Å². The number of fused-ring (bicyclic) bond motifs is 3. The molecule has 0 bridgehead atoms. The van der Waals surface area contributed by atoms with Gasteiger partial charge in [0.2, 0.25) is 5.88 Å². The molecular weight excluding hydrogens is 499 g/mol. The van der Waals surface area contributed by atoms with Gasteiger partial charge in [0, 0.05) is 24.9 Å². The minimum absolute atomic E-state index is 0.0244. The normalized spacial score (nSPS) is 20.9. The molecule has 0 aliphatic carbocycles. The molecule has 0 unspecified atom stereocenters. The van der Waals surface area contributed by atoms with Crippen LogP contribution in [0.4, 0.5) is 27.8 Å². The Bertz CT molecular complexity index is 1390. The Labute approximate surface area is 208 Å². The van der Waals surface area contributed by atoms with Gasteiger partial charge < -0.3 is 14.4 Å². The molecule has 1 aromatic carbocycles. The number of alkyl halides is 3.